The number of morpholine rings is 1. The van der Waals surface area contributed by atoms with E-state index in [-0.39, 0.29) is 29.1 Å². The van der Waals surface area contributed by atoms with Gasteiger partial charge in [0.2, 0.25) is 10.0 Å². The van der Waals surface area contributed by atoms with Crippen molar-refractivity contribution in [2.45, 2.75) is 57.4 Å². The molecular weight excluding hydrogens is 400 g/mol. The molecule has 1 heterocycles. The van der Waals surface area contributed by atoms with Crippen molar-refractivity contribution in [1.29, 1.82) is 0 Å². The number of hydrogen-bond acceptors (Lipinski definition) is 4. The third kappa shape index (κ3) is 5.09. The predicted molar refractivity (Wildman–Crippen MR) is 117 cm³/mol. The first kappa shape index (κ1) is 22.5. The van der Waals surface area contributed by atoms with Crippen molar-refractivity contribution in [2.24, 2.45) is 0 Å². The Morgan fingerprint density at radius 3 is 2.30 bits per heavy atom. The van der Waals surface area contributed by atoms with Gasteiger partial charge in [0.25, 0.3) is 5.91 Å². The van der Waals surface area contributed by atoms with E-state index < -0.39 is 10.0 Å². The Bertz CT molecular complexity index is 966. The molecule has 6 nitrogen and oxygen atoms in total. The van der Waals surface area contributed by atoms with Crippen molar-refractivity contribution in [3.63, 3.8) is 0 Å². The molecule has 2 atom stereocenters. The number of nitrogens with zero attached hydrogens (tertiary/aromatic N) is 2. The number of benzene rings is 2. The third-order valence-corrected chi connectivity index (χ3v) is 7.01. The first-order chi connectivity index (χ1) is 14.2. The second kappa shape index (κ2) is 9.29. The largest absolute Gasteiger partial charge is 0.373 e. The van der Waals surface area contributed by atoms with Crippen LogP contribution in [0.1, 0.15) is 43.6 Å². The summed E-state index contributed by atoms with van der Waals surface area (Å²) >= 11 is 0. The fourth-order valence-corrected chi connectivity index (χ4v) is 5.34. The lowest BCUT2D eigenvalue weighted by Crippen LogP contribution is -2.48. The van der Waals surface area contributed by atoms with Gasteiger partial charge < -0.3 is 9.64 Å². The number of rotatable bonds is 6. The molecular formula is C23H30N2O4S. The highest BCUT2D eigenvalue weighted by Crippen LogP contribution is 2.23. The summed E-state index contributed by atoms with van der Waals surface area (Å²) in [5, 5.41) is 0. The monoisotopic (exact) mass is 430 g/mol. The SMILES string of the molecule is CC1CN(S(=O)(=O)c2cccc(C(=O)N(Cc3ccccc3)C(C)C)c2)CC(C)O1. The van der Waals surface area contributed by atoms with Crippen LogP contribution in [0.25, 0.3) is 0 Å². The Hall–Kier alpha value is -2.22. The summed E-state index contributed by atoms with van der Waals surface area (Å²) in [6.45, 7) is 8.71. The number of amides is 1. The Morgan fingerprint density at radius 2 is 1.70 bits per heavy atom. The second-order valence-electron chi connectivity index (χ2n) is 8.12. The summed E-state index contributed by atoms with van der Waals surface area (Å²) in [6, 6.07) is 16.1. The molecule has 0 aliphatic carbocycles. The molecule has 0 aromatic heterocycles. The van der Waals surface area contributed by atoms with Crippen molar-refractivity contribution in [1.82, 2.24) is 9.21 Å². The van der Waals surface area contributed by atoms with Gasteiger partial charge in [0.1, 0.15) is 0 Å². The van der Waals surface area contributed by atoms with Crippen LogP contribution in [0, 0.1) is 0 Å². The van der Waals surface area contributed by atoms with Gasteiger partial charge in [-0.05, 0) is 51.5 Å². The highest BCUT2D eigenvalue weighted by Gasteiger charge is 2.32. The molecule has 1 fully saturated rings. The van der Waals surface area contributed by atoms with Crippen LogP contribution in [0.4, 0.5) is 0 Å². The molecule has 2 aromatic carbocycles. The number of carbonyl (C=O) groups excluding carboxylic acids is 1. The van der Waals surface area contributed by atoms with Crippen molar-refractivity contribution in [2.75, 3.05) is 13.1 Å². The maximum absolute atomic E-state index is 13.2. The molecule has 1 amide bonds. The summed E-state index contributed by atoms with van der Waals surface area (Å²) in [5.74, 6) is -0.186. The van der Waals surface area contributed by atoms with Gasteiger partial charge in [0.05, 0.1) is 17.1 Å². The Balaban J connectivity index is 1.87. The van der Waals surface area contributed by atoms with Crippen LogP contribution in [0.2, 0.25) is 0 Å². The standard InChI is InChI=1S/C23H30N2O4S/c1-17(2)25(16-20-9-6-5-7-10-20)23(26)21-11-8-12-22(13-21)30(27,28)24-14-18(3)29-19(4)15-24/h5-13,17-19H,14-16H2,1-4H3. The maximum Gasteiger partial charge on any atom is 0.254 e. The van der Waals surface area contributed by atoms with Crippen LogP contribution in [0.15, 0.2) is 59.5 Å². The molecule has 1 aliphatic rings. The van der Waals surface area contributed by atoms with Gasteiger partial charge in [-0.15, -0.1) is 0 Å². The zero-order valence-electron chi connectivity index (χ0n) is 18.0. The maximum atomic E-state index is 13.2. The molecule has 0 radical (unpaired) electrons. The number of sulfonamides is 1. The Morgan fingerprint density at radius 1 is 1.07 bits per heavy atom. The summed E-state index contributed by atoms with van der Waals surface area (Å²) in [4.78, 5) is 15.1. The number of carbonyl (C=O) groups is 1. The third-order valence-electron chi connectivity index (χ3n) is 5.18. The van der Waals surface area contributed by atoms with E-state index in [1.807, 2.05) is 58.0 Å². The van der Waals surface area contributed by atoms with Crippen LogP contribution in [0.3, 0.4) is 0 Å². The van der Waals surface area contributed by atoms with E-state index in [9.17, 15) is 13.2 Å². The van der Waals surface area contributed by atoms with Crippen LogP contribution in [-0.2, 0) is 21.3 Å². The molecule has 1 saturated heterocycles. The van der Waals surface area contributed by atoms with Crippen LogP contribution in [0.5, 0.6) is 0 Å². The fourth-order valence-electron chi connectivity index (χ4n) is 3.70. The van der Waals surface area contributed by atoms with Crippen molar-refractivity contribution >= 4 is 15.9 Å². The molecule has 162 valence electrons. The van der Waals surface area contributed by atoms with Gasteiger partial charge in [0.15, 0.2) is 0 Å². The average Bonchev–Trinajstić information content (AvgIpc) is 2.71. The van der Waals surface area contributed by atoms with Gasteiger partial charge in [-0.3, -0.25) is 4.79 Å². The van der Waals surface area contributed by atoms with Gasteiger partial charge in [-0.25, -0.2) is 8.42 Å². The summed E-state index contributed by atoms with van der Waals surface area (Å²) in [7, 11) is -3.71. The van der Waals surface area contributed by atoms with Gasteiger partial charge in [-0.1, -0.05) is 36.4 Å². The van der Waals surface area contributed by atoms with E-state index >= 15 is 0 Å². The lowest BCUT2D eigenvalue weighted by atomic mass is 10.1. The molecule has 30 heavy (non-hydrogen) atoms. The van der Waals surface area contributed by atoms with Crippen molar-refractivity contribution in [3.8, 4) is 0 Å². The molecule has 2 unspecified atom stereocenters. The lowest BCUT2D eigenvalue weighted by molar-refractivity contribution is -0.0440. The quantitative estimate of drug-likeness (QED) is 0.703. The van der Waals surface area contributed by atoms with Crippen LogP contribution in [-0.4, -0.2) is 54.9 Å². The summed E-state index contributed by atoms with van der Waals surface area (Å²) < 4.78 is 33.5. The van der Waals surface area contributed by atoms with E-state index in [2.05, 4.69) is 0 Å². The molecule has 3 rings (SSSR count). The van der Waals surface area contributed by atoms with E-state index in [0.29, 0.717) is 25.2 Å². The topological polar surface area (TPSA) is 66.9 Å². The highest BCUT2D eigenvalue weighted by molar-refractivity contribution is 7.89. The molecule has 0 bridgehead atoms. The number of ether oxygens (including phenoxy) is 1. The smallest absolute Gasteiger partial charge is 0.254 e. The highest BCUT2D eigenvalue weighted by atomic mass is 32.2. The molecule has 0 N–H and O–H groups in total. The van der Waals surface area contributed by atoms with Crippen molar-refractivity contribution < 1.29 is 17.9 Å². The van der Waals surface area contributed by atoms with Gasteiger partial charge >= 0.3 is 0 Å². The van der Waals surface area contributed by atoms with E-state index in [1.54, 1.807) is 23.1 Å². The van der Waals surface area contributed by atoms with Gasteiger partial charge in [0, 0.05) is 31.2 Å². The molecule has 0 saturated carbocycles. The zero-order valence-corrected chi connectivity index (χ0v) is 18.8. The van der Waals surface area contributed by atoms with Crippen molar-refractivity contribution in [3.05, 3.63) is 65.7 Å². The summed E-state index contributed by atoms with van der Waals surface area (Å²) in [6.07, 6.45) is -0.341. The Kier molecular flexibility index (Phi) is 6.95. The van der Waals surface area contributed by atoms with Crippen LogP contribution >= 0.6 is 0 Å². The minimum atomic E-state index is -3.71. The summed E-state index contributed by atoms with van der Waals surface area (Å²) in [5.41, 5.74) is 1.40. The fraction of sp³-hybridized carbons (Fsp3) is 0.435. The average molecular weight is 431 g/mol. The zero-order chi connectivity index (χ0) is 21.9. The molecule has 1 aliphatic heterocycles. The number of hydrogen-bond donors (Lipinski definition) is 0. The molecule has 0 spiro atoms. The molecule has 7 heteroatoms. The first-order valence-corrected chi connectivity index (χ1v) is 11.7. The lowest BCUT2D eigenvalue weighted by Gasteiger charge is -2.34. The normalized spacial score (nSPS) is 20.3. The minimum absolute atomic E-state index is 0.0288. The Labute approximate surface area is 179 Å². The van der Waals surface area contributed by atoms with Crippen LogP contribution < -0.4 is 0 Å². The van der Waals surface area contributed by atoms with E-state index in [0.717, 1.165) is 5.56 Å². The van der Waals surface area contributed by atoms with Gasteiger partial charge in [-0.2, -0.15) is 4.31 Å². The van der Waals surface area contributed by atoms with E-state index in [4.69, 9.17) is 4.74 Å². The van der Waals surface area contributed by atoms with E-state index in [1.165, 1.54) is 10.4 Å². The minimum Gasteiger partial charge on any atom is -0.373 e. The molecule has 2 aromatic rings. The second-order valence-corrected chi connectivity index (χ2v) is 10.1. The first-order valence-electron chi connectivity index (χ1n) is 10.3. The predicted octanol–water partition coefficient (Wildman–Crippen LogP) is 3.54.